The maximum absolute atomic E-state index is 12.1. The monoisotopic (exact) mass is 565 g/mol. The van der Waals surface area contributed by atoms with Crippen LogP contribution in [0, 0.1) is 36.0 Å². The number of hydrogen-bond donors (Lipinski definition) is 0. The highest BCUT2D eigenvalue weighted by Gasteiger charge is 2.39. The number of aliphatic imine (C=N–C) groups is 1. The Kier molecular flexibility index (Phi) is 11.1. The van der Waals surface area contributed by atoms with Gasteiger partial charge in [0.25, 0.3) is 0 Å². The summed E-state index contributed by atoms with van der Waals surface area (Å²) in [5, 5.41) is 9.90. The van der Waals surface area contributed by atoms with Crippen LogP contribution in [0.15, 0.2) is 77.1 Å². The first kappa shape index (κ1) is 34.1. The molecule has 2 unspecified atom stereocenters. The van der Waals surface area contributed by atoms with Gasteiger partial charge in [-0.15, -0.1) is 26.0 Å². The summed E-state index contributed by atoms with van der Waals surface area (Å²) in [4.78, 5) is 19.7. The molecule has 0 radical (unpaired) electrons. The first-order valence-corrected chi connectivity index (χ1v) is 14.4. The summed E-state index contributed by atoms with van der Waals surface area (Å²) in [7, 11) is 1.38. The average Bonchev–Trinajstić information content (AvgIpc) is 3.09. The first-order valence-electron chi connectivity index (χ1n) is 14.4. The maximum Gasteiger partial charge on any atom is 0.333 e. The quantitative estimate of drug-likeness (QED) is 0.104. The van der Waals surface area contributed by atoms with Crippen molar-refractivity contribution in [3.8, 4) is 18.9 Å². The molecule has 0 bridgehead atoms. The van der Waals surface area contributed by atoms with Crippen LogP contribution in [0.5, 0.6) is 0 Å². The van der Waals surface area contributed by atoms with E-state index in [2.05, 4.69) is 83.7 Å². The molecule has 1 aliphatic carbocycles. The molecular formula is C37H47N3O2. The second-order valence-corrected chi connectivity index (χ2v) is 12.4. The lowest BCUT2D eigenvalue weighted by Crippen LogP contribution is -2.35. The van der Waals surface area contributed by atoms with E-state index in [1.165, 1.54) is 18.2 Å². The molecule has 42 heavy (non-hydrogen) atoms. The summed E-state index contributed by atoms with van der Waals surface area (Å²) < 4.78 is 4.89. The van der Waals surface area contributed by atoms with Gasteiger partial charge >= 0.3 is 5.97 Å². The predicted octanol–water partition coefficient (Wildman–Crippen LogP) is 8.34. The van der Waals surface area contributed by atoms with Gasteiger partial charge in [-0.25, -0.2) is 4.79 Å². The molecule has 0 spiro atoms. The molecule has 2 atom stereocenters. The van der Waals surface area contributed by atoms with E-state index in [4.69, 9.17) is 9.73 Å². The van der Waals surface area contributed by atoms with Crippen LogP contribution >= 0.6 is 0 Å². The highest BCUT2D eigenvalue weighted by molar-refractivity contribution is 6.17. The van der Waals surface area contributed by atoms with E-state index in [9.17, 15) is 10.1 Å². The lowest BCUT2D eigenvalue weighted by Gasteiger charge is -2.43. The van der Waals surface area contributed by atoms with Crippen molar-refractivity contribution in [2.24, 2.45) is 16.8 Å². The smallest absolute Gasteiger partial charge is 0.333 e. The van der Waals surface area contributed by atoms with Gasteiger partial charge in [0.2, 0.25) is 0 Å². The van der Waals surface area contributed by atoms with Crippen LogP contribution < -0.4 is 4.90 Å². The summed E-state index contributed by atoms with van der Waals surface area (Å²) in [6, 6.07) is 7.09. The highest BCUT2D eigenvalue weighted by Crippen LogP contribution is 2.49. The van der Waals surface area contributed by atoms with Crippen LogP contribution in [0.1, 0.15) is 84.9 Å². The molecule has 5 nitrogen and oxygen atoms in total. The van der Waals surface area contributed by atoms with Gasteiger partial charge in [0.05, 0.1) is 36.2 Å². The number of methoxy groups -OCH3 is 1. The van der Waals surface area contributed by atoms with Crippen molar-refractivity contribution in [1.29, 1.82) is 5.26 Å². The van der Waals surface area contributed by atoms with Gasteiger partial charge in [0.1, 0.15) is 0 Å². The molecule has 0 amide bonds. The number of hydrogen-bond acceptors (Lipinski definition) is 5. The Balaban J connectivity index is 0.00000301. The third-order valence-corrected chi connectivity index (χ3v) is 8.67. The summed E-state index contributed by atoms with van der Waals surface area (Å²) in [5.74, 6) is -0.935. The van der Waals surface area contributed by atoms with Crippen LogP contribution in [0.3, 0.4) is 0 Å². The van der Waals surface area contributed by atoms with E-state index in [0.29, 0.717) is 12.1 Å². The van der Waals surface area contributed by atoms with Crippen molar-refractivity contribution in [2.75, 3.05) is 18.6 Å². The lowest BCUT2D eigenvalue weighted by atomic mass is 9.62. The van der Waals surface area contributed by atoms with E-state index in [-0.39, 0.29) is 22.7 Å². The minimum atomic E-state index is -0.390. The minimum absolute atomic E-state index is 0.0207. The second-order valence-electron chi connectivity index (χ2n) is 12.4. The van der Waals surface area contributed by atoms with Crippen molar-refractivity contribution in [1.82, 2.24) is 0 Å². The normalized spacial score (nSPS) is 18.9. The number of terminal acetylenes is 1. The van der Waals surface area contributed by atoms with Gasteiger partial charge in [-0.2, -0.15) is 5.26 Å². The number of fused-ring (bicyclic) bond motifs is 2. The summed E-state index contributed by atoms with van der Waals surface area (Å²) in [5.41, 5.74) is 8.99. The fourth-order valence-electron chi connectivity index (χ4n) is 5.79. The number of carbonyl (C=O) groups excluding carboxylic acids is 1. The molecule has 1 heterocycles. The van der Waals surface area contributed by atoms with Crippen LogP contribution in [-0.2, 0) is 20.4 Å². The maximum atomic E-state index is 12.1. The zero-order chi connectivity index (χ0) is 32.0. The van der Waals surface area contributed by atoms with Crippen molar-refractivity contribution in [3.05, 3.63) is 88.8 Å². The van der Waals surface area contributed by atoms with Gasteiger partial charge in [0, 0.05) is 29.3 Å². The van der Waals surface area contributed by atoms with E-state index in [0.717, 1.165) is 46.8 Å². The molecule has 0 saturated heterocycles. The van der Waals surface area contributed by atoms with Crippen molar-refractivity contribution in [3.63, 3.8) is 0 Å². The molecule has 2 aliphatic rings. The van der Waals surface area contributed by atoms with Crippen molar-refractivity contribution < 1.29 is 9.53 Å². The molecule has 5 heteroatoms. The van der Waals surface area contributed by atoms with Crippen LogP contribution in [0.4, 0.5) is 5.69 Å². The number of allylic oxidation sites excluding steroid dienone is 6. The average molecular weight is 566 g/mol. The van der Waals surface area contributed by atoms with Crippen LogP contribution in [-0.4, -0.2) is 25.3 Å². The number of ether oxygens (including phenoxy) is 1. The zero-order valence-electron chi connectivity index (χ0n) is 27.0. The van der Waals surface area contributed by atoms with Gasteiger partial charge < -0.3 is 9.64 Å². The third-order valence-electron chi connectivity index (χ3n) is 8.67. The Morgan fingerprint density at radius 2 is 1.71 bits per heavy atom. The fraction of sp³-hybridized carbons (Fsp3) is 0.432. The SMILES string of the molecule is C#C.C=CCN1C(C)=C(C(C)C(C#N)C=C)N=C(/C(C)=C/C=C(\C)C(=O)OC)c2cc3c(cc21)C(C)(C)CCC3(C)C. The van der Waals surface area contributed by atoms with E-state index in [1.54, 1.807) is 19.1 Å². The summed E-state index contributed by atoms with van der Waals surface area (Å²) >= 11 is 0. The van der Waals surface area contributed by atoms with E-state index < -0.39 is 5.92 Å². The molecule has 0 fully saturated rings. The molecule has 0 aromatic heterocycles. The van der Waals surface area contributed by atoms with Crippen LogP contribution in [0.2, 0.25) is 0 Å². The molecule has 222 valence electrons. The van der Waals surface area contributed by atoms with Crippen LogP contribution in [0.25, 0.3) is 0 Å². The first-order chi connectivity index (χ1) is 19.7. The number of rotatable bonds is 8. The number of nitriles is 1. The molecular weight excluding hydrogens is 518 g/mol. The summed E-state index contributed by atoms with van der Waals surface area (Å²) in [6.45, 7) is 25.8. The van der Waals surface area contributed by atoms with Crippen molar-refractivity contribution in [2.45, 2.75) is 79.1 Å². The van der Waals surface area contributed by atoms with E-state index in [1.807, 2.05) is 26.0 Å². The second kappa shape index (κ2) is 13.7. The number of nitrogens with zero attached hydrogens (tertiary/aromatic N) is 3. The van der Waals surface area contributed by atoms with Gasteiger partial charge in [-0.3, -0.25) is 4.99 Å². The topological polar surface area (TPSA) is 65.7 Å². The molecule has 0 saturated carbocycles. The standard InChI is InChI=1S/C35H45N3O2.C2H2/c1-12-18-38-25(6)32(24(5)26(13-2)21-36)37-31(22(3)14-15-23(4)33(39)40-11)27-19-28-29(20-30(27)38)35(9,10)17-16-34(28,7)8;1-2/h12-15,19-20,24,26H,1-2,16-18H2,3-11H3;1-2H/b22-14+,23-15+;. The van der Waals surface area contributed by atoms with Gasteiger partial charge in [-0.05, 0) is 73.3 Å². The highest BCUT2D eigenvalue weighted by atomic mass is 16.5. The Hall–Kier alpha value is -4.09. The third kappa shape index (κ3) is 6.69. The Morgan fingerprint density at radius 1 is 1.14 bits per heavy atom. The molecule has 1 aliphatic heterocycles. The fourth-order valence-corrected chi connectivity index (χ4v) is 5.79. The number of benzene rings is 1. The Bertz CT molecular complexity index is 1420. The predicted molar refractivity (Wildman–Crippen MR) is 176 cm³/mol. The number of anilines is 1. The molecule has 0 N–H and O–H groups in total. The zero-order valence-corrected chi connectivity index (χ0v) is 27.0. The van der Waals surface area contributed by atoms with Crippen molar-refractivity contribution >= 4 is 17.4 Å². The van der Waals surface area contributed by atoms with E-state index >= 15 is 0 Å². The molecule has 1 aromatic rings. The summed E-state index contributed by atoms with van der Waals surface area (Å²) in [6.07, 6.45) is 17.5. The minimum Gasteiger partial charge on any atom is -0.466 e. The van der Waals surface area contributed by atoms with Gasteiger partial charge in [0.15, 0.2) is 0 Å². The van der Waals surface area contributed by atoms with Gasteiger partial charge in [-0.1, -0.05) is 58.9 Å². The molecule has 3 rings (SSSR count). The lowest BCUT2D eigenvalue weighted by molar-refractivity contribution is -0.136. The Morgan fingerprint density at radius 3 is 2.21 bits per heavy atom. The molecule has 1 aromatic carbocycles. The number of esters is 1. The number of carbonyl (C=O) groups is 1. The largest absolute Gasteiger partial charge is 0.466 e. The Labute approximate surface area is 254 Å².